The minimum Gasteiger partial charge on any atom is -0.383 e. The average molecular weight is 404 g/mol. The van der Waals surface area contributed by atoms with E-state index in [-0.39, 0.29) is 37.1 Å². The number of alkyl halides is 3. The first-order valence-electron chi connectivity index (χ1n) is 7.34. The molecule has 10 heteroatoms. The van der Waals surface area contributed by atoms with Crippen LogP contribution < -0.4 is 16.0 Å². The molecule has 0 radical (unpaired) electrons. The van der Waals surface area contributed by atoms with Gasteiger partial charge >= 0.3 is 6.18 Å². The predicted octanol–water partition coefficient (Wildman–Crippen LogP) is 3.06. The third-order valence-corrected chi connectivity index (χ3v) is 3.71. The first kappa shape index (κ1) is 23.8. The summed E-state index contributed by atoms with van der Waals surface area (Å²) >= 11 is 0. The number of nitrogens with one attached hydrogen (secondary N) is 1. The molecule has 1 saturated heterocycles. The van der Waals surface area contributed by atoms with E-state index in [0.717, 1.165) is 38.1 Å². The van der Waals surface area contributed by atoms with Crippen LogP contribution in [-0.4, -0.2) is 38.8 Å². The zero-order valence-electron chi connectivity index (χ0n) is 13.6. The molecule has 5 nitrogen and oxygen atoms in total. The summed E-state index contributed by atoms with van der Waals surface area (Å²) in [7, 11) is 1.40. The molecule has 3 N–H and O–H groups in total. The van der Waals surface area contributed by atoms with Crippen LogP contribution >= 0.6 is 24.8 Å². The van der Waals surface area contributed by atoms with Crippen LogP contribution in [-0.2, 0) is 15.7 Å². The van der Waals surface area contributed by atoms with Crippen molar-refractivity contribution < 1.29 is 22.7 Å². The standard InChI is InChI=1S/C15H20F3N3O2.2ClH/c1-23-9-11(19)14(22)20-12-8-10(15(16,17)18)4-5-13(12)21-6-2-3-7-21;;/h4-5,8,11H,2-3,6-7,9,19H2,1H3,(H,20,22);2*1H. The average Bonchev–Trinajstić information content (AvgIpc) is 3.00. The van der Waals surface area contributed by atoms with E-state index in [1.54, 1.807) is 0 Å². The fourth-order valence-corrected chi connectivity index (χ4v) is 2.53. The maximum Gasteiger partial charge on any atom is 0.416 e. The quantitative estimate of drug-likeness (QED) is 0.792. The highest BCUT2D eigenvalue weighted by Gasteiger charge is 2.32. The van der Waals surface area contributed by atoms with Crippen molar-refractivity contribution in [2.24, 2.45) is 5.73 Å². The Morgan fingerprint density at radius 2 is 1.92 bits per heavy atom. The van der Waals surface area contributed by atoms with Crippen LogP contribution in [0, 0.1) is 0 Å². The number of carbonyl (C=O) groups is 1. The van der Waals surface area contributed by atoms with Gasteiger partial charge in [-0.2, -0.15) is 13.2 Å². The van der Waals surface area contributed by atoms with Crippen molar-refractivity contribution in [1.82, 2.24) is 0 Å². The van der Waals surface area contributed by atoms with Gasteiger partial charge in [0.1, 0.15) is 6.04 Å². The van der Waals surface area contributed by atoms with Gasteiger partial charge in [-0.3, -0.25) is 4.79 Å². The minimum atomic E-state index is -4.47. The van der Waals surface area contributed by atoms with Gasteiger partial charge in [0.15, 0.2) is 0 Å². The Balaban J connectivity index is 0.00000288. The van der Waals surface area contributed by atoms with E-state index in [2.05, 4.69) is 5.32 Å². The number of nitrogens with zero attached hydrogens (tertiary/aromatic N) is 1. The van der Waals surface area contributed by atoms with Crippen molar-refractivity contribution in [3.63, 3.8) is 0 Å². The Kier molecular flexibility index (Phi) is 9.57. The number of nitrogens with two attached hydrogens (primary N) is 1. The van der Waals surface area contributed by atoms with E-state index in [0.29, 0.717) is 5.69 Å². The van der Waals surface area contributed by atoms with E-state index < -0.39 is 23.7 Å². The van der Waals surface area contributed by atoms with Crippen molar-refractivity contribution >= 4 is 42.1 Å². The first-order chi connectivity index (χ1) is 10.8. The van der Waals surface area contributed by atoms with Gasteiger partial charge in [-0.25, -0.2) is 0 Å². The number of hydrogen-bond acceptors (Lipinski definition) is 4. The van der Waals surface area contributed by atoms with E-state index >= 15 is 0 Å². The molecule has 0 aromatic heterocycles. The molecule has 2 rings (SSSR count). The number of hydrogen-bond donors (Lipinski definition) is 2. The lowest BCUT2D eigenvalue weighted by Gasteiger charge is -2.23. The molecule has 1 atom stereocenters. The van der Waals surface area contributed by atoms with E-state index in [1.807, 2.05) is 4.90 Å². The number of halogens is 5. The fourth-order valence-electron chi connectivity index (χ4n) is 2.53. The molecule has 1 aliphatic heterocycles. The molecule has 0 spiro atoms. The third-order valence-electron chi connectivity index (χ3n) is 3.71. The van der Waals surface area contributed by atoms with Gasteiger partial charge in [-0.15, -0.1) is 24.8 Å². The number of methoxy groups -OCH3 is 1. The molecule has 1 aliphatic rings. The molecule has 25 heavy (non-hydrogen) atoms. The maximum atomic E-state index is 12.9. The lowest BCUT2D eigenvalue weighted by molar-refractivity contribution is -0.137. The van der Waals surface area contributed by atoms with Crippen LogP contribution in [0.2, 0.25) is 0 Å². The zero-order chi connectivity index (χ0) is 17.0. The smallest absolute Gasteiger partial charge is 0.383 e. The number of ether oxygens (including phenoxy) is 1. The summed E-state index contributed by atoms with van der Waals surface area (Å²) in [5.74, 6) is -0.577. The van der Waals surface area contributed by atoms with Crippen LogP contribution in [0.4, 0.5) is 24.5 Å². The van der Waals surface area contributed by atoms with Gasteiger partial charge < -0.3 is 20.7 Å². The van der Waals surface area contributed by atoms with Crippen LogP contribution in [0.15, 0.2) is 18.2 Å². The molecule has 144 valence electrons. The first-order valence-corrected chi connectivity index (χ1v) is 7.34. The summed E-state index contributed by atoms with van der Waals surface area (Å²) in [6.45, 7) is 1.49. The molecular formula is C15H22Cl2F3N3O2. The highest BCUT2D eigenvalue weighted by molar-refractivity contribution is 5.98. The summed E-state index contributed by atoms with van der Waals surface area (Å²) in [5, 5.41) is 2.50. The van der Waals surface area contributed by atoms with E-state index in [9.17, 15) is 18.0 Å². The normalized spacial score (nSPS) is 15.2. The predicted molar refractivity (Wildman–Crippen MR) is 95.9 cm³/mol. The van der Waals surface area contributed by atoms with Gasteiger partial charge in [0.25, 0.3) is 0 Å². The molecule has 1 fully saturated rings. The molecule has 0 saturated carbocycles. The number of rotatable bonds is 5. The van der Waals surface area contributed by atoms with Gasteiger partial charge in [-0.05, 0) is 31.0 Å². The molecule has 1 unspecified atom stereocenters. The van der Waals surface area contributed by atoms with Gasteiger partial charge in [0, 0.05) is 20.2 Å². The molecule has 1 heterocycles. The molecule has 1 aromatic rings. The number of benzene rings is 1. The monoisotopic (exact) mass is 403 g/mol. The highest BCUT2D eigenvalue weighted by atomic mass is 35.5. The van der Waals surface area contributed by atoms with Gasteiger partial charge in [0.05, 0.1) is 23.5 Å². The van der Waals surface area contributed by atoms with Crippen LogP contribution in [0.3, 0.4) is 0 Å². The highest BCUT2D eigenvalue weighted by Crippen LogP contribution is 2.36. The van der Waals surface area contributed by atoms with Crippen LogP contribution in [0.25, 0.3) is 0 Å². The summed E-state index contributed by atoms with van der Waals surface area (Å²) in [5.41, 5.74) is 5.52. The summed E-state index contributed by atoms with van der Waals surface area (Å²) in [4.78, 5) is 14.0. The Morgan fingerprint density at radius 3 is 2.44 bits per heavy atom. The lowest BCUT2D eigenvalue weighted by atomic mass is 10.1. The molecule has 1 amide bonds. The molecule has 0 aliphatic carbocycles. The Labute approximate surface area is 156 Å². The Morgan fingerprint density at radius 1 is 1.32 bits per heavy atom. The second-order valence-corrected chi connectivity index (χ2v) is 5.47. The van der Waals surface area contributed by atoms with E-state index in [4.69, 9.17) is 10.5 Å². The SMILES string of the molecule is COCC(N)C(=O)Nc1cc(C(F)(F)F)ccc1N1CCCC1.Cl.Cl. The summed E-state index contributed by atoms with van der Waals surface area (Å²) in [6, 6.07) is 2.43. The van der Waals surface area contributed by atoms with Gasteiger partial charge in [-0.1, -0.05) is 0 Å². The van der Waals surface area contributed by atoms with Crippen molar-refractivity contribution in [2.45, 2.75) is 25.1 Å². The Bertz CT molecular complexity index is 567. The second-order valence-electron chi connectivity index (χ2n) is 5.47. The largest absolute Gasteiger partial charge is 0.416 e. The maximum absolute atomic E-state index is 12.9. The topological polar surface area (TPSA) is 67.6 Å². The number of amides is 1. The fraction of sp³-hybridized carbons (Fsp3) is 0.533. The summed E-state index contributed by atoms with van der Waals surface area (Å²) < 4.78 is 43.6. The van der Waals surface area contributed by atoms with Crippen LogP contribution in [0.5, 0.6) is 0 Å². The molecule has 1 aromatic carbocycles. The van der Waals surface area contributed by atoms with Crippen molar-refractivity contribution in [1.29, 1.82) is 0 Å². The van der Waals surface area contributed by atoms with Crippen LogP contribution in [0.1, 0.15) is 18.4 Å². The van der Waals surface area contributed by atoms with E-state index in [1.165, 1.54) is 13.2 Å². The van der Waals surface area contributed by atoms with Gasteiger partial charge in [0.2, 0.25) is 5.91 Å². The van der Waals surface area contributed by atoms with Crippen molar-refractivity contribution in [3.8, 4) is 0 Å². The number of anilines is 2. The molecular weight excluding hydrogens is 382 g/mol. The van der Waals surface area contributed by atoms with Crippen molar-refractivity contribution in [3.05, 3.63) is 23.8 Å². The summed E-state index contributed by atoms with van der Waals surface area (Å²) in [6.07, 6.45) is -2.53. The second kappa shape index (κ2) is 10.1. The Hall–Kier alpha value is -1.22. The molecule has 0 bridgehead atoms. The zero-order valence-corrected chi connectivity index (χ0v) is 15.3. The number of carbonyl (C=O) groups excluding carboxylic acids is 1. The lowest BCUT2D eigenvalue weighted by Crippen LogP contribution is -2.39. The van der Waals surface area contributed by atoms with Crippen molar-refractivity contribution in [2.75, 3.05) is 37.0 Å². The minimum absolute atomic E-state index is 0. The third kappa shape index (κ3) is 6.22.